The second-order valence-corrected chi connectivity index (χ2v) is 7.35. The van der Waals surface area contributed by atoms with Crippen molar-refractivity contribution in [3.63, 3.8) is 0 Å². The first-order valence-corrected chi connectivity index (χ1v) is 9.59. The number of nitrogens with one attached hydrogen (secondary N) is 1. The van der Waals surface area contributed by atoms with Gasteiger partial charge in [0, 0.05) is 57.5 Å². The molecule has 0 fully saturated rings. The average Bonchev–Trinajstić information content (AvgIpc) is 2.70. The van der Waals surface area contributed by atoms with Crippen LogP contribution >= 0.6 is 11.8 Å². The van der Waals surface area contributed by atoms with Crippen molar-refractivity contribution in [1.82, 2.24) is 4.84 Å². The van der Waals surface area contributed by atoms with E-state index in [1.54, 1.807) is 6.20 Å². The van der Waals surface area contributed by atoms with Gasteiger partial charge >= 0.3 is 0 Å². The van der Waals surface area contributed by atoms with E-state index in [2.05, 4.69) is 116 Å². The molecule has 0 saturated carbocycles. The topological polar surface area (TPSA) is 18.5 Å². The molecule has 1 N–H and O–H groups in total. The van der Waals surface area contributed by atoms with Crippen molar-refractivity contribution in [2.24, 2.45) is 0 Å². The Morgan fingerprint density at radius 3 is 1.46 bits per heavy atom. The molecule has 0 unspecified atom stereocenters. The standard InChI is InChI=1S/C24H26ClN3/c1-27(2)22-13-9-20(10-14-22)24(19-7-5-18(6-8-19)17-26-25)21-11-15-23(16-12-21)28(3)4/h5-17,26H,1-4H3. The predicted octanol–water partition coefficient (Wildman–Crippen LogP) is 3.55. The Hall–Kier alpha value is -2.91. The molecule has 0 atom stereocenters. The SMILES string of the molecule is CN(C)c1ccc(C(c2ccc(N(C)C)cc2)=c2ccc(=CNCl)cc2)cc1. The van der Waals surface area contributed by atoms with E-state index in [0.717, 1.165) is 5.22 Å². The van der Waals surface area contributed by atoms with Crippen LogP contribution in [0.25, 0.3) is 11.8 Å². The molecule has 0 aliphatic rings. The van der Waals surface area contributed by atoms with Gasteiger partial charge < -0.3 is 14.6 Å². The second kappa shape index (κ2) is 8.85. The molecular formula is C24H26ClN3. The molecule has 0 aliphatic heterocycles. The number of hydrogen-bond donors (Lipinski definition) is 1. The van der Waals surface area contributed by atoms with Crippen molar-refractivity contribution in [1.29, 1.82) is 0 Å². The first kappa shape index (κ1) is 19.8. The van der Waals surface area contributed by atoms with E-state index >= 15 is 0 Å². The molecule has 0 spiro atoms. The van der Waals surface area contributed by atoms with Gasteiger partial charge in [-0.15, -0.1) is 0 Å². The molecule has 0 radical (unpaired) electrons. The Kier molecular flexibility index (Phi) is 6.27. The molecule has 0 bridgehead atoms. The highest BCUT2D eigenvalue weighted by Gasteiger charge is 2.08. The molecular weight excluding hydrogens is 366 g/mol. The molecule has 144 valence electrons. The van der Waals surface area contributed by atoms with Gasteiger partial charge in [0.25, 0.3) is 0 Å². The maximum Gasteiger partial charge on any atom is 0.0361 e. The van der Waals surface area contributed by atoms with E-state index in [1.165, 1.54) is 33.3 Å². The highest BCUT2D eigenvalue weighted by Crippen LogP contribution is 2.25. The molecule has 28 heavy (non-hydrogen) atoms. The van der Waals surface area contributed by atoms with Crippen molar-refractivity contribution < 1.29 is 0 Å². The smallest absolute Gasteiger partial charge is 0.0361 e. The molecule has 0 amide bonds. The van der Waals surface area contributed by atoms with Gasteiger partial charge in [-0.05, 0) is 51.4 Å². The van der Waals surface area contributed by atoms with Crippen LogP contribution < -0.4 is 25.1 Å². The third kappa shape index (κ3) is 4.49. The van der Waals surface area contributed by atoms with E-state index in [1.807, 2.05) is 0 Å². The fourth-order valence-corrected chi connectivity index (χ4v) is 3.29. The van der Waals surface area contributed by atoms with Gasteiger partial charge in [-0.2, -0.15) is 0 Å². The summed E-state index contributed by atoms with van der Waals surface area (Å²) in [5, 5.41) is 2.20. The van der Waals surface area contributed by atoms with Crippen LogP contribution in [0.2, 0.25) is 0 Å². The number of benzene rings is 3. The van der Waals surface area contributed by atoms with Gasteiger partial charge in [-0.3, -0.25) is 0 Å². The van der Waals surface area contributed by atoms with Crippen LogP contribution in [0.3, 0.4) is 0 Å². The minimum Gasteiger partial charge on any atom is -0.378 e. The second-order valence-electron chi connectivity index (χ2n) is 7.13. The zero-order chi connectivity index (χ0) is 20.1. The first-order chi connectivity index (χ1) is 13.5. The summed E-state index contributed by atoms with van der Waals surface area (Å²) >= 11 is 5.59. The van der Waals surface area contributed by atoms with Gasteiger partial charge in [-0.25, -0.2) is 0 Å². The summed E-state index contributed by atoms with van der Waals surface area (Å²) in [4.78, 5) is 6.78. The van der Waals surface area contributed by atoms with Gasteiger partial charge in [0.05, 0.1) is 0 Å². The molecule has 0 aromatic heterocycles. The van der Waals surface area contributed by atoms with Crippen molar-refractivity contribution >= 4 is 34.9 Å². The fourth-order valence-electron chi connectivity index (χ4n) is 3.16. The Balaban J connectivity index is 2.18. The number of rotatable bonds is 5. The van der Waals surface area contributed by atoms with Crippen molar-refractivity contribution in [2.75, 3.05) is 38.0 Å². The highest BCUT2D eigenvalue weighted by molar-refractivity contribution is 6.15. The number of halogens is 1. The van der Waals surface area contributed by atoms with E-state index < -0.39 is 0 Å². The summed E-state index contributed by atoms with van der Waals surface area (Å²) in [6.07, 6.45) is 1.77. The van der Waals surface area contributed by atoms with E-state index in [-0.39, 0.29) is 0 Å². The van der Waals surface area contributed by atoms with E-state index in [0.29, 0.717) is 0 Å². The largest absolute Gasteiger partial charge is 0.378 e. The maximum atomic E-state index is 5.59. The van der Waals surface area contributed by atoms with Crippen LogP contribution in [-0.2, 0) is 0 Å². The minimum absolute atomic E-state index is 1.03. The first-order valence-electron chi connectivity index (χ1n) is 9.22. The lowest BCUT2D eigenvalue weighted by Gasteiger charge is -2.16. The molecule has 0 saturated heterocycles. The lowest BCUT2D eigenvalue weighted by molar-refractivity contribution is 1.13. The van der Waals surface area contributed by atoms with Gasteiger partial charge in [0.2, 0.25) is 0 Å². The zero-order valence-electron chi connectivity index (χ0n) is 16.8. The summed E-state index contributed by atoms with van der Waals surface area (Å²) in [7, 11) is 8.22. The van der Waals surface area contributed by atoms with E-state index in [4.69, 9.17) is 11.8 Å². The fraction of sp³-hybridized carbons (Fsp3) is 0.167. The third-order valence-electron chi connectivity index (χ3n) is 4.77. The Bertz CT molecular complexity index is 960. The van der Waals surface area contributed by atoms with Crippen LogP contribution in [0.4, 0.5) is 11.4 Å². The molecule has 3 rings (SSSR count). The normalized spacial score (nSPS) is 10.3. The van der Waals surface area contributed by atoms with Crippen molar-refractivity contribution in [3.05, 3.63) is 94.4 Å². The Labute approximate surface area is 172 Å². The van der Waals surface area contributed by atoms with Crippen LogP contribution in [-0.4, -0.2) is 28.2 Å². The molecule has 3 nitrogen and oxygen atoms in total. The summed E-state index contributed by atoms with van der Waals surface area (Å²) in [6.45, 7) is 0. The van der Waals surface area contributed by atoms with Crippen LogP contribution in [0.5, 0.6) is 0 Å². The number of nitrogens with zero attached hydrogens (tertiary/aromatic N) is 2. The molecule has 3 aromatic carbocycles. The lowest BCUT2D eigenvalue weighted by Crippen LogP contribution is -2.14. The molecule has 4 heteroatoms. The third-order valence-corrected chi connectivity index (χ3v) is 4.87. The highest BCUT2D eigenvalue weighted by atomic mass is 35.5. The predicted molar refractivity (Wildman–Crippen MR) is 122 cm³/mol. The summed E-state index contributed by atoms with van der Waals surface area (Å²) < 4.78 is 0. The zero-order valence-corrected chi connectivity index (χ0v) is 17.5. The number of anilines is 2. The maximum absolute atomic E-state index is 5.59. The van der Waals surface area contributed by atoms with E-state index in [9.17, 15) is 0 Å². The van der Waals surface area contributed by atoms with Crippen LogP contribution in [0.1, 0.15) is 11.1 Å². The lowest BCUT2D eigenvalue weighted by atomic mass is 9.95. The molecule has 0 heterocycles. The number of hydrogen-bond acceptors (Lipinski definition) is 3. The van der Waals surface area contributed by atoms with Crippen molar-refractivity contribution in [2.45, 2.75) is 0 Å². The minimum atomic E-state index is 1.03. The monoisotopic (exact) mass is 391 g/mol. The molecule has 3 aromatic rings. The van der Waals surface area contributed by atoms with Gasteiger partial charge in [0.1, 0.15) is 0 Å². The van der Waals surface area contributed by atoms with Crippen molar-refractivity contribution in [3.8, 4) is 0 Å². The summed E-state index contributed by atoms with van der Waals surface area (Å²) in [5.74, 6) is 0. The van der Waals surface area contributed by atoms with Crippen LogP contribution in [0, 0.1) is 0 Å². The van der Waals surface area contributed by atoms with Gasteiger partial charge in [-0.1, -0.05) is 48.5 Å². The Morgan fingerprint density at radius 2 is 1.11 bits per heavy atom. The molecule has 0 aliphatic carbocycles. The quantitative estimate of drug-likeness (QED) is 0.671. The summed E-state index contributed by atoms with van der Waals surface area (Å²) in [5.41, 5.74) is 5.96. The summed E-state index contributed by atoms with van der Waals surface area (Å²) in [6, 6.07) is 25.8. The van der Waals surface area contributed by atoms with Crippen LogP contribution in [0.15, 0.2) is 72.8 Å². The Morgan fingerprint density at radius 1 is 0.679 bits per heavy atom. The van der Waals surface area contributed by atoms with Gasteiger partial charge in [0.15, 0.2) is 0 Å². The average molecular weight is 392 g/mol.